The minimum Gasteiger partial charge on any atom is -0.374 e. The van der Waals surface area contributed by atoms with Gasteiger partial charge in [-0.2, -0.15) is 0 Å². The Morgan fingerprint density at radius 2 is 2.03 bits per heavy atom. The fraction of sp³-hybridized carbons (Fsp3) is 0.423. The van der Waals surface area contributed by atoms with E-state index in [1.807, 2.05) is 44.2 Å². The van der Waals surface area contributed by atoms with E-state index in [1.165, 1.54) is 5.56 Å². The zero-order valence-electron chi connectivity index (χ0n) is 20.6. The van der Waals surface area contributed by atoms with Crippen LogP contribution in [-0.4, -0.2) is 64.4 Å². The summed E-state index contributed by atoms with van der Waals surface area (Å²) in [6.45, 7) is 7.53. The van der Waals surface area contributed by atoms with Gasteiger partial charge in [0.2, 0.25) is 0 Å². The second kappa shape index (κ2) is 9.34. The lowest BCUT2D eigenvalue weighted by molar-refractivity contribution is 0.0988. The highest BCUT2D eigenvalue weighted by Gasteiger charge is 2.41. The predicted octanol–water partition coefficient (Wildman–Crippen LogP) is 2.92. The Bertz CT molecular complexity index is 1280. The number of ether oxygens (including phenoxy) is 1. The number of hydrogen-bond donors (Lipinski definition) is 2. The monoisotopic (exact) mass is 486 g/mol. The number of carbonyl (C=O) groups is 1. The number of morpholine rings is 1. The van der Waals surface area contributed by atoms with Crippen molar-refractivity contribution in [1.29, 1.82) is 0 Å². The lowest BCUT2D eigenvalue weighted by Gasteiger charge is -2.34. The zero-order valence-corrected chi connectivity index (χ0v) is 20.6. The van der Waals surface area contributed by atoms with E-state index in [1.54, 1.807) is 6.20 Å². The van der Waals surface area contributed by atoms with Crippen LogP contribution in [0.4, 0.5) is 22.1 Å². The van der Waals surface area contributed by atoms with Crippen LogP contribution in [0.3, 0.4) is 0 Å². The number of fused-ring (bicyclic) bond motifs is 3. The van der Waals surface area contributed by atoms with Crippen LogP contribution in [0, 0.1) is 6.92 Å². The molecule has 2 atom stereocenters. The number of anilines is 3. The molecule has 2 saturated heterocycles. The number of rotatable bonds is 5. The van der Waals surface area contributed by atoms with Crippen molar-refractivity contribution >= 4 is 23.4 Å². The quantitative estimate of drug-likeness (QED) is 0.567. The van der Waals surface area contributed by atoms with Gasteiger partial charge < -0.3 is 25.2 Å². The topological polar surface area (TPSA) is 108 Å². The number of hydrogen-bond acceptors (Lipinski definition) is 8. The molecule has 2 aromatic heterocycles. The number of urea groups is 1. The maximum atomic E-state index is 11.9. The summed E-state index contributed by atoms with van der Waals surface area (Å²) >= 11 is 0. The van der Waals surface area contributed by atoms with Crippen molar-refractivity contribution in [3.63, 3.8) is 0 Å². The Kier molecular flexibility index (Phi) is 5.88. The van der Waals surface area contributed by atoms with Crippen LogP contribution in [-0.2, 0) is 17.7 Å². The molecule has 0 saturated carbocycles. The van der Waals surface area contributed by atoms with Crippen molar-refractivity contribution in [2.45, 2.75) is 45.4 Å². The summed E-state index contributed by atoms with van der Waals surface area (Å²) in [6, 6.07) is 9.79. The van der Waals surface area contributed by atoms with Gasteiger partial charge >= 0.3 is 6.03 Å². The molecule has 2 N–H and O–H groups in total. The molecule has 1 aromatic carbocycles. The normalized spacial score (nSPS) is 20.4. The molecule has 0 spiro atoms. The average Bonchev–Trinajstić information content (AvgIpc) is 3.52. The fourth-order valence-corrected chi connectivity index (χ4v) is 5.29. The Hall–Kier alpha value is -3.79. The summed E-state index contributed by atoms with van der Waals surface area (Å²) in [5.41, 5.74) is 3.90. The number of carbonyl (C=O) groups excluding carboxylic acids is 1. The fourth-order valence-electron chi connectivity index (χ4n) is 5.29. The second-order valence-corrected chi connectivity index (χ2v) is 9.49. The Labute approximate surface area is 210 Å². The Balaban J connectivity index is 1.34. The first-order chi connectivity index (χ1) is 17.6. The lowest BCUT2D eigenvalue weighted by atomic mass is 10.0. The lowest BCUT2D eigenvalue weighted by Crippen LogP contribution is -2.40. The van der Waals surface area contributed by atoms with E-state index in [9.17, 15) is 4.79 Å². The molecule has 0 aliphatic carbocycles. The number of nitrogens with zero attached hydrogens (tertiary/aromatic N) is 6. The minimum atomic E-state index is -0.219. The number of amides is 2. The highest BCUT2D eigenvalue weighted by molar-refractivity contribution is 5.89. The van der Waals surface area contributed by atoms with Crippen molar-refractivity contribution in [2.75, 3.05) is 41.4 Å². The van der Waals surface area contributed by atoms with Crippen LogP contribution in [0.2, 0.25) is 0 Å². The molecule has 2 amide bonds. The van der Waals surface area contributed by atoms with Crippen LogP contribution in [0.15, 0.2) is 36.5 Å². The predicted molar refractivity (Wildman–Crippen MR) is 137 cm³/mol. The highest BCUT2D eigenvalue weighted by Crippen LogP contribution is 2.37. The van der Waals surface area contributed by atoms with Gasteiger partial charge in [-0.15, -0.1) is 0 Å². The van der Waals surface area contributed by atoms with Crippen LogP contribution in [0.1, 0.15) is 30.4 Å². The molecule has 0 radical (unpaired) electrons. The SMILES string of the molecule is CCNC(=O)Nc1ccc(-c2nc3c(c(N4CC5CC4CO5)n2)CCN(c2ccnc(C)n2)C3)cc1. The average molecular weight is 487 g/mol. The third kappa shape index (κ3) is 4.32. The van der Waals surface area contributed by atoms with Crippen molar-refractivity contribution in [3.8, 4) is 11.4 Å². The van der Waals surface area contributed by atoms with E-state index >= 15 is 0 Å². The summed E-state index contributed by atoms with van der Waals surface area (Å²) in [4.78, 5) is 35.6. The Morgan fingerprint density at radius 1 is 1.17 bits per heavy atom. The Morgan fingerprint density at radius 3 is 2.75 bits per heavy atom. The minimum absolute atomic E-state index is 0.219. The molecule has 10 nitrogen and oxygen atoms in total. The summed E-state index contributed by atoms with van der Waals surface area (Å²) in [7, 11) is 0. The van der Waals surface area contributed by atoms with E-state index in [4.69, 9.17) is 14.7 Å². The molecule has 186 valence electrons. The molecule has 3 aliphatic rings. The van der Waals surface area contributed by atoms with Gasteiger partial charge in [-0.1, -0.05) is 0 Å². The molecule has 5 heterocycles. The summed E-state index contributed by atoms with van der Waals surface area (Å²) in [5.74, 6) is 3.41. The second-order valence-electron chi connectivity index (χ2n) is 9.49. The largest absolute Gasteiger partial charge is 0.374 e. The van der Waals surface area contributed by atoms with Crippen LogP contribution in [0.25, 0.3) is 11.4 Å². The van der Waals surface area contributed by atoms with Gasteiger partial charge in [0.15, 0.2) is 5.82 Å². The molecule has 2 bridgehead atoms. The maximum absolute atomic E-state index is 11.9. The van der Waals surface area contributed by atoms with Crippen LogP contribution >= 0.6 is 0 Å². The first kappa shape index (κ1) is 22.7. The van der Waals surface area contributed by atoms with E-state index in [-0.39, 0.29) is 12.1 Å². The van der Waals surface area contributed by atoms with Gasteiger partial charge in [-0.05, 0) is 57.0 Å². The van der Waals surface area contributed by atoms with Gasteiger partial charge in [0.25, 0.3) is 0 Å². The zero-order chi connectivity index (χ0) is 24.6. The maximum Gasteiger partial charge on any atom is 0.319 e. The van der Waals surface area contributed by atoms with Crippen molar-refractivity contribution in [3.05, 3.63) is 53.6 Å². The van der Waals surface area contributed by atoms with Gasteiger partial charge in [-0.25, -0.2) is 24.7 Å². The number of aryl methyl sites for hydroxylation is 1. The first-order valence-corrected chi connectivity index (χ1v) is 12.6. The summed E-state index contributed by atoms with van der Waals surface area (Å²) in [5, 5.41) is 5.59. The molecular weight excluding hydrogens is 456 g/mol. The van der Waals surface area contributed by atoms with Crippen molar-refractivity contribution in [2.24, 2.45) is 0 Å². The van der Waals surface area contributed by atoms with Crippen molar-refractivity contribution in [1.82, 2.24) is 25.3 Å². The van der Waals surface area contributed by atoms with E-state index < -0.39 is 0 Å². The van der Waals surface area contributed by atoms with Gasteiger partial charge in [0.1, 0.15) is 17.5 Å². The van der Waals surface area contributed by atoms with E-state index in [0.29, 0.717) is 25.0 Å². The molecule has 6 rings (SSSR count). The third-order valence-corrected chi connectivity index (χ3v) is 7.04. The van der Waals surface area contributed by atoms with Gasteiger partial charge in [-0.3, -0.25) is 0 Å². The van der Waals surface area contributed by atoms with Crippen LogP contribution in [0.5, 0.6) is 0 Å². The molecule has 10 heteroatoms. The summed E-state index contributed by atoms with van der Waals surface area (Å²) < 4.78 is 5.86. The highest BCUT2D eigenvalue weighted by atomic mass is 16.5. The standard InChI is InChI=1S/C26H30N8O2/c1-3-27-26(35)30-18-6-4-17(5-7-18)24-31-22-14-33(23-8-10-28-16(2)29-23)11-9-21(22)25(32-24)34-13-20-12-19(34)15-36-20/h4-8,10,19-20H,3,9,11-15H2,1-2H3,(H2,27,30,35). The molecule has 2 unspecified atom stereocenters. The number of aromatic nitrogens is 4. The number of benzene rings is 1. The molecular formula is C26H30N8O2. The third-order valence-electron chi connectivity index (χ3n) is 7.04. The molecule has 3 aromatic rings. The van der Waals surface area contributed by atoms with Crippen LogP contribution < -0.4 is 20.4 Å². The smallest absolute Gasteiger partial charge is 0.319 e. The molecule has 36 heavy (non-hydrogen) atoms. The van der Waals surface area contributed by atoms with Crippen molar-refractivity contribution < 1.29 is 9.53 Å². The van der Waals surface area contributed by atoms with Gasteiger partial charge in [0, 0.05) is 42.6 Å². The first-order valence-electron chi connectivity index (χ1n) is 12.6. The van der Waals surface area contributed by atoms with E-state index in [0.717, 1.165) is 66.9 Å². The van der Waals surface area contributed by atoms with E-state index in [2.05, 4.69) is 30.4 Å². The van der Waals surface area contributed by atoms with Gasteiger partial charge in [0.05, 0.1) is 31.0 Å². The number of nitrogens with one attached hydrogen (secondary N) is 2. The summed E-state index contributed by atoms with van der Waals surface area (Å²) in [6.07, 6.45) is 4.01. The molecule has 2 fully saturated rings. The molecule has 3 aliphatic heterocycles.